The van der Waals surface area contributed by atoms with Gasteiger partial charge >= 0.3 is 0 Å². The van der Waals surface area contributed by atoms with Gasteiger partial charge in [0.25, 0.3) is 0 Å². The Morgan fingerprint density at radius 3 is 2.58 bits per heavy atom. The van der Waals surface area contributed by atoms with E-state index in [9.17, 15) is 0 Å². The standard InChI is InChI=1S/C24H18N6O/c1-14-11-25-12-20(26-14)17-8-9-18-13-30-23(19(18)10-17)27-28-24(30)21-15(2)31-29-22(21)16-6-4-3-5-7-16/h3-12H,13H2,1-2H3. The van der Waals surface area contributed by atoms with Crippen molar-refractivity contribution in [2.45, 2.75) is 20.4 Å². The van der Waals surface area contributed by atoms with E-state index in [0.29, 0.717) is 6.54 Å². The van der Waals surface area contributed by atoms with Crippen LogP contribution in [-0.4, -0.2) is 29.9 Å². The van der Waals surface area contributed by atoms with Gasteiger partial charge in [-0.15, -0.1) is 10.2 Å². The molecule has 0 N–H and O–H groups in total. The SMILES string of the molecule is Cc1cncc(-c2ccc3c(c2)-c2nnc(-c4c(-c5ccccc5)noc4C)n2C3)n1. The molecule has 0 radical (unpaired) electrons. The first kappa shape index (κ1) is 17.7. The Balaban J connectivity index is 1.47. The highest BCUT2D eigenvalue weighted by atomic mass is 16.5. The molecule has 6 rings (SSSR count). The highest BCUT2D eigenvalue weighted by molar-refractivity contribution is 5.81. The van der Waals surface area contributed by atoms with Gasteiger partial charge < -0.3 is 9.09 Å². The Morgan fingerprint density at radius 1 is 0.903 bits per heavy atom. The van der Waals surface area contributed by atoms with Crippen LogP contribution in [-0.2, 0) is 6.54 Å². The van der Waals surface area contributed by atoms with Crippen LogP contribution in [0, 0.1) is 13.8 Å². The summed E-state index contributed by atoms with van der Waals surface area (Å²) in [5.41, 5.74) is 7.66. The Kier molecular flexibility index (Phi) is 3.83. The number of aryl methyl sites for hydroxylation is 2. The molecule has 1 aliphatic rings. The van der Waals surface area contributed by atoms with Gasteiger partial charge in [0.1, 0.15) is 11.5 Å². The summed E-state index contributed by atoms with van der Waals surface area (Å²) in [7, 11) is 0. The molecular weight excluding hydrogens is 388 g/mol. The van der Waals surface area contributed by atoms with Gasteiger partial charge in [0, 0.05) is 22.9 Å². The molecule has 3 aromatic heterocycles. The summed E-state index contributed by atoms with van der Waals surface area (Å²) in [6.07, 6.45) is 3.54. The maximum atomic E-state index is 5.55. The molecule has 0 spiro atoms. The van der Waals surface area contributed by atoms with E-state index >= 15 is 0 Å². The Morgan fingerprint density at radius 2 is 1.74 bits per heavy atom. The van der Waals surface area contributed by atoms with Crippen LogP contribution in [0.15, 0.2) is 65.4 Å². The second-order valence-electron chi connectivity index (χ2n) is 7.68. The average Bonchev–Trinajstić information content (AvgIpc) is 3.47. The largest absolute Gasteiger partial charge is 0.360 e. The summed E-state index contributed by atoms with van der Waals surface area (Å²) in [5, 5.41) is 13.4. The van der Waals surface area contributed by atoms with E-state index in [2.05, 4.69) is 48.1 Å². The van der Waals surface area contributed by atoms with Crippen molar-refractivity contribution >= 4 is 0 Å². The topological polar surface area (TPSA) is 82.5 Å². The quantitative estimate of drug-likeness (QED) is 0.424. The molecular formula is C24H18N6O. The Labute approximate surface area is 178 Å². The monoisotopic (exact) mass is 406 g/mol. The van der Waals surface area contributed by atoms with E-state index in [1.54, 1.807) is 12.4 Å². The van der Waals surface area contributed by atoms with Crippen LogP contribution in [0.5, 0.6) is 0 Å². The number of benzene rings is 2. The molecule has 150 valence electrons. The molecule has 2 aromatic carbocycles. The maximum absolute atomic E-state index is 5.55. The lowest BCUT2D eigenvalue weighted by Crippen LogP contribution is -1.98. The molecule has 0 amide bonds. The van der Waals surface area contributed by atoms with E-state index in [-0.39, 0.29) is 0 Å². The smallest absolute Gasteiger partial charge is 0.170 e. The zero-order valence-corrected chi connectivity index (χ0v) is 17.1. The second kappa shape index (κ2) is 6.70. The van der Waals surface area contributed by atoms with Crippen LogP contribution in [0.2, 0.25) is 0 Å². The number of fused-ring (bicyclic) bond motifs is 3. The lowest BCUT2D eigenvalue weighted by atomic mass is 10.0. The van der Waals surface area contributed by atoms with Crippen molar-refractivity contribution in [3.05, 3.63) is 77.9 Å². The van der Waals surface area contributed by atoms with E-state index in [1.165, 1.54) is 5.56 Å². The van der Waals surface area contributed by atoms with Gasteiger partial charge in [0.05, 0.1) is 29.7 Å². The molecule has 0 fully saturated rings. The Bertz CT molecular complexity index is 1430. The minimum Gasteiger partial charge on any atom is -0.360 e. The number of rotatable bonds is 3. The molecule has 4 heterocycles. The van der Waals surface area contributed by atoms with Crippen LogP contribution < -0.4 is 0 Å². The van der Waals surface area contributed by atoms with Gasteiger partial charge in [-0.3, -0.25) is 4.98 Å². The number of aromatic nitrogens is 6. The highest BCUT2D eigenvalue weighted by Gasteiger charge is 2.29. The van der Waals surface area contributed by atoms with Crippen LogP contribution in [0.25, 0.3) is 45.3 Å². The van der Waals surface area contributed by atoms with Gasteiger partial charge in [-0.05, 0) is 25.5 Å². The van der Waals surface area contributed by atoms with Gasteiger partial charge in [-0.1, -0.05) is 47.6 Å². The summed E-state index contributed by atoms with van der Waals surface area (Å²) in [6, 6.07) is 16.3. The molecule has 0 saturated heterocycles. The first-order chi connectivity index (χ1) is 15.2. The van der Waals surface area contributed by atoms with Crippen molar-refractivity contribution < 1.29 is 4.52 Å². The summed E-state index contributed by atoms with van der Waals surface area (Å²) < 4.78 is 7.68. The summed E-state index contributed by atoms with van der Waals surface area (Å²) in [4.78, 5) is 8.87. The lowest BCUT2D eigenvalue weighted by molar-refractivity contribution is 0.400. The Hall–Kier alpha value is -4.13. The van der Waals surface area contributed by atoms with Gasteiger partial charge in [0.2, 0.25) is 0 Å². The zero-order valence-electron chi connectivity index (χ0n) is 17.1. The third kappa shape index (κ3) is 2.78. The molecule has 1 aliphatic heterocycles. The third-order valence-corrected chi connectivity index (χ3v) is 5.61. The predicted molar refractivity (Wildman–Crippen MR) is 116 cm³/mol. The van der Waals surface area contributed by atoms with Crippen LogP contribution in [0.3, 0.4) is 0 Å². The van der Waals surface area contributed by atoms with Crippen molar-refractivity contribution in [3.8, 4) is 45.3 Å². The molecule has 0 atom stereocenters. The van der Waals surface area contributed by atoms with Gasteiger partial charge in [-0.25, -0.2) is 4.98 Å². The fraction of sp³-hybridized carbons (Fsp3) is 0.125. The predicted octanol–water partition coefficient (Wildman–Crippen LogP) is 4.70. The maximum Gasteiger partial charge on any atom is 0.170 e. The van der Waals surface area contributed by atoms with Crippen molar-refractivity contribution in [1.29, 1.82) is 0 Å². The summed E-state index contributed by atoms with van der Waals surface area (Å²) in [6.45, 7) is 4.55. The summed E-state index contributed by atoms with van der Waals surface area (Å²) in [5.74, 6) is 2.33. The fourth-order valence-corrected chi connectivity index (χ4v) is 4.12. The van der Waals surface area contributed by atoms with Crippen molar-refractivity contribution in [2.75, 3.05) is 0 Å². The van der Waals surface area contributed by atoms with E-state index < -0.39 is 0 Å². The minimum absolute atomic E-state index is 0.700. The van der Waals surface area contributed by atoms with E-state index in [1.807, 2.05) is 44.2 Å². The van der Waals surface area contributed by atoms with E-state index in [0.717, 1.165) is 56.7 Å². The van der Waals surface area contributed by atoms with Gasteiger partial charge in [0.15, 0.2) is 11.6 Å². The van der Waals surface area contributed by atoms with Crippen molar-refractivity contribution in [2.24, 2.45) is 0 Å². The third-order valence-electron chi connectivity index (χ3n) is 5.61. The molecule has 7 nitrogen and oxygen atoms in total. The first-order valence-corrected chi connectivity index (χ1v) is 10.1. The van der Waals surface area contributed by atoms with Gasteiger partial charge in [-0.2, -0.15) is 0 Å². The van der Waals surface area contributed by atoms with Crippen LogP contribution in [0.1, 0.15) is 17.0 Å². The van der Waals surface area contributed by atoms with Crippen molar-refractivity contribution in [1.82, 2.24) is 29.9 Å². The second-order valence-corrected chi connectivity index (χ2v) is 7.68. The number of nitrogens with zero attached hydrogens (tertiary/aromatic N) is 6. The molecule has 0 bridgehead atoms. The minimum atomic E-state index is 0.700. The first-order valence-electron chi connectivity index (χ1n) is 10.1. The fourth-order valence-electron chi connectivity index (χ4n) is 4.12. The lowest BCUT2D eigenvalue weighted by Gasteiger charge is -2.05. The molecule has 31 heavy (non-hydrogen) atoms. The van der Waals surface area contributed by atoms with Crippen LogP contribution >= 0.6 is 0 Å². The summed E-state index contributed by atoms with van der Waals surface area (Å²) >= 11 is 0. The molecule has 0 aliphatic carbocycles. The molecule has 7 heteroatoms. The van der Waals surface area contributed by atoms with Crippen molar-refractivity contribution in [3.63, 3.8) is 0 Å². The van der Waals surface area contributed by atoms with Crippen LogP contribution in [0.4, 0.5) is 0 Å². The number of hydrogen-bond acceptors (Lipinski definition) is 6. The number of hydrogen-bond donors (Lipinski definition) is 0. The highest BCUT2D eigenvalue weighted by Crippen LogP contribution is 2.39. The molecule has 0 saturated carbocycles. The normalized spacial score (nSPS) is 12.1. The van der Waals surface area contributed by atoms with E-state index in [4.69, 9.17) is 4.52 Å². The molecule has 5 aromatic rings. The molecule has 0 unspecified atom stereocenters. The average molecular weight is 406 g/mol. The zero-order chi connectivity index (χ0) is 20.9.